The first-order chi connectivity index (χ1) is 9.17. The molecular weight excluding hydrogens is 282 g/mol. The van der Waals surface area contributed by atoms with Crippen LogP contribution in [0.4, 0.5) is 0 Å². The molecule has 1 unspecified atom stereocenters. The van der Waals surface area contributed by atoms with Crippen LogP contribution in [0.3, 0.4) is 0 Å². The van der Waals surface area contributed by atoms with Gasteiger partial charge in [0.05, 0.1) is 11.6 Å². The Kier molecular flexibility index (Phi) is 3.64. The summed E-state index contributed by atoms with van der Waals surface area (Å²) in [7, 11) is -3.67. The predicted octanol–water partition coefficient (Wildman–Crippen LogP) is 0.949. The molecule has 0 bridgehead atoms. The molecule has 20 heavy (non-hydrogen) atoms. The first-order valence-corrected chi connectivity index (χ1v) is 7.88. The molecule has 1 saturated heterocycles. The Balaban J connectivity index is 2.26. The molecule has 0 spiro atoms. The molecule has 7 nitrogen and oxygen atoms in total. The Bertz CT molecular complexity index is 622. The van der Waals surface area contributed by atoms with Crippen LogP contribution in [0.25, 0.3) is 0 Å². The SMILES string of the molecule is CC(C)n1cc(S(=O)(=O)N2CCC(C)(C(=O)O)C2)cn1. The number of rotatable bonds is 4. The smallest absolute Gasteiger partial charge is 0.310 e. The first kappa shape index (κ1) is 15.0. The van der Waals surface area contributed by atoms with E-state index in [1.807, 2.05) is 13.8 Å². The fourth-order valence-corrected chi connectivity index (χ4v) is 3.69. The quantitative estimate of drug-likeness (QED) is 0.893. The summed E-state index contributed by atoms with van der Waals surface area (Å²) in [5.41, 5.74) is -1.01. The van der Waals surface area contributed by atoms with Crippen LogP contribution in [-0.2, 0) is 14.8 Å². The van der Waals surface area contributed by atoms with E-state index >= 15 is 0 Å². The van der Waals surface area contributed by atoms with Gasteiger partial charge in [0.1, 0.15) is 4.90 Å². The second kappa shape index (κ2) is 4.85. The lowest BCUT2D eigenvalue weighted by Crippen LogP contribution is -2.34. The minimum absolute atomic E-state index is 0.00246. The average molecular weight is 301 g/mol. The standard InChI is InChI=1S/C12H19N3O4S/c1-9(2)15-7-10(6-13-15)20(18,19)14-5-4-12(3,8-14)11(16)17/h6-7,9H,4-5,8H2,1-3H3,(H,16,17). The lowest BCUT2D eigenvalue weighted by Gasteiger charge is -2.19. The molecule has 1 fully saturated rings. The summed E-state index contributed by atoms with van der Waals surface area (Å²) in [5, 5.41) is 13.2. The zero-order valence-corrected chi connectivity index (χ0v) is 12.6. The first-order valence-electron chi connectivity index (χ1n) is 6.44. The summed E-state index contributed by atoms with van der Waals surface area (Å²) < 4.78 is 27.7. The van der Waals surface area contributed by atoms with Gasteiger partial charge in [0.15, 0.2) is 0 Å². The monoisotopic (exact) mass is 301 g/mol. The number of hydrogen-bond acceptors (Lipinski definition) is 4. The van der Waals surface area contributed by atoms with Gasteiger partial charge in [0.25, 0.3) is 0 Å². The second-order valence-corrected chi connectivity index (χ2v) is 7.64. The van der Waals surface area contributed by atoms with Gasteiger partial charge in [0, 0.05) is 25.3 Å². The van der Waals surface area contributed by atoms with Gasteiger partial charge in [0.2, 0.25) is 10.0 Å². The highest BCUT2D eigenvalue weighted by Gasteiger charge is 2.45. The lowest BCUT2D eigenvalue weighted by molar-refractivity contribution is -0.146. The number of sulfonamides is 1. The topological polar surface area (TPSA) is 92.5 Å². The number of hydrogen-bond donors (Lipinski definition) is 1. The third-order valence-electron chi connectivity index (χ3n) is 3.70. The Morgan fingerprint density at radius 1 is 1.50 bits per heavy atom. The summed E-state index contributed by atoms with van der Waals surface area (Å²) in [4.78, 5) is 11.3. The number of carbonyl (C=O) groups is 1. The van der Waals surface area contributed by atoms with Crippen LogP contribution in [-0.4, -0.2) is 46.7 Å². The summed E-state index contributed by atoms with van der Waals surface area (Å²) in [6.07, 6.45) is 3.11. The van der Waals surface area contributed by atoms with Crippen LogP contribution in [0.1, 0.15) is 33.2 Å². The highest BCUT2D eigenvalue weighted by molar-refractivity contribution is 7.89. The van der Waals surface area contributed by atoms with Crippen molar-refractivity contribution in [1.29, 1.82) is 0 Å². The maximum atomic E-state index is 12.5. The molecular formula is C12H19N3O4S. The van der Waals surface area contributed by atoms with Crippen LogP contribution in [0, 0.1) is 5.41 Å². The van der Waals surface area contributed by atoms with Crippen LogP contribution in [0.15, 0.2) is 17.3 Å². The molecule has 112 valence electrons. The van der Waals surface area contributed by atoms with E-state index < -0.39 is 21.4 Å². The van der Waals surface area contributed by atoms with Gasteiger partial charge in [-0.15, -0.1) is 0 Å². The molecule has 1 N–H and O–H groups in total. The van der Waals surface area contributed by atoms with Crippen LogP contribution in [0.5, 0.6) is 0 Å². The third-order valence-corrected chi connectivity index (χ3v) is 5.50. The maximum absolute atomic E-state index is 12.5. The fourth-order valence-electron chi connectivity index (χ4n) is 2.18. The van der Waals surface area contributed by atoms with Crippen molar-refractivity contribution in [3.05, 3.63) is 12.4 Å². The number of carboxylic acids is 1. The van der Waals surface area contributed by atoms with E-state index in [1.54, 1.807) is 11.6 Å². The van der Waals surface area contributed by atoms with Crippen molar-refractivity contribution >= 4 is 16.0 Å². The Morgan fingerprint density at radius 3 is 2.60 bits per heavy atom. The van der Waals surface area contributed by atoms with Crippen LogP contribution < -0.4 is 0 Å². The van der Waals surface area contributed by atoms with Crippen molar-refractivity contribution < 1.29 is 18.3 Å². The zero-order chi connectivity index (χ0) is 15.1. The van der Waals surface area contributed by atoms with Gasteiger partial charge < -0.3 is 5.11 Å². The molecule has 1 aromatic heterocycles. The van der Waals surface area contributed by atoms with E-state index in [9.17, 15) is 13.2 Å². The average Bonchev–Trinajstić information content (AvgIpc) is 2.96. The van der Waals surface area contributed by atoms with E-state index in [1.165, 1.54) is 16.7 Å². The molecule has 2 rings (SSSR count). The van der Waals surface area contributed by atoms with Gasteiger partial charge in [-0.25, -0.2) is 8.42 Å². The fraction of sp³-hybridized carbons (Fsp3) is 0.667. The molecule has 0 amide bonds. The van der Waals surface area contributed by atoms with Gasteiger partial charge in [-0.1, -0.05) is 0 Å². The van der Waals surface area contributed by atoms with Gasteiger partial charge >= 0.3 is 5.97 Å². The van der Waals surface area contributed by atoms with Gasteiger partial charge in [-0.05, 0) is 27.2 Å². The molecule has 0 aromatic carbocycles. The maximum Gasteiger partial charge on any atom is 0.310 e. The molecule has 1 atom stereocenters. The highest BCUT2D eigenvalue weighted by Crippen LogP contribution is 2.33. The number of nitrogens with zero attached hydrogens (tertiary/aromatic N) is 3. The van der Waals surface area contributed by atoms with Gasteiger partial charge in [-0.3, -0.25) is 9.48 Å². The van der Waals surface area contributed by atoms with E-state index in [-0.39, 0.29) is 24.0 Å². The van der Waals surface area contributed by atoms with E-state index in [0.717, 1.165) is 0 Å². The molecule has 1 aliphatic rings. The van der Waals surface area contributed by atoms with Crippen LogP contribution in [0.2, 0.25) is 0 Å². The molecule has 1 aromatic rings. The number of carboxylic acid groups (broad SMARTS) is 1. The van der Waals surface area contributed by atoms with Crippen molar-refractivity contribution in [2.45, 2.75) is 38.1 Å². The van der Waals surface area contributed by atoms with Gasteiger partial charge in [-0.2, -0.15) is 9.40 Å². The molecule has 0 radical (unpaired) electrons. The van der Waals surface area contributed by atoms with Crippen molar-refractivity contribution in [3.8, 4) is 0 Å². The summed E-state index contributed by atoms with van der Waals surface area (Å²) >= 11 is 0. The molecule has 8 heteroatoms. The summed E-state index contributed by atoms with van der Waals surface area (Å²) in [5.74, 6) is -0.965. The minimum Gasteiger partial charge on any atom is -0.481 e. The largest absolute Gasteiger partial charge is 0.481 e. The van der Waals surface area contributed by atoms with E-state index in [0.29, 0.717) is 6.42 Å². The summed E-state index contributed by atoms with van der Waals surface area (Å²) in [6, 6.07) is 0.0711. The minimum atomic E-state index is -3.67. The lowest BCUT2D eigenvalue weighted by atomic mass is 9.90. The van der Waals surface area contributed by atoms with Crippen LogP contribution >= 0.6 is 0 Å². The van der Waals surface area contributed by atoms with Crippen molar-refractivity contribution in [2.24, 2.45) is 5.41 Å². The third kappa shape index (κ3) is 2.45. The number of aromatic nitrogens is 2. The molecule has 1 aliphatic heterocycles. The Hall–Kier alpha value is -1.41. The van der Waals surface area contributed by atoms with Crippen molar-refractivity contribution in [2.75, 3.05) is 13.1 Å². The van der Waals surface area contributed by atoms with E-state index in [4.69, 9.17) is 5.11 Å². The number of aliphatic carboxylic acids is 1. The molecule has 0 saturated carbocycles. The molecule has 0 aliphatic carbocycles. The summed E-state index contributed by atoms with van der Waals surface area (Å²) in [6.45, 7) is 5.60. The Morgan fingerprint density at radius 2 is 2.15 bits per heavy atom. The van der Waals surface area contributed by atoms with E-state index in [2.05, 4.69) is 5.10 Å². The second-order valence-electron chi connectivity index (χ2n) is 5.70. The normalized spacial score (nSPS) is 24.4. The van der Waals surface area contributed by atoms with Crippen molar-refractivity contribution in [1.82, 2.24) is 14.1 Å². The Labute approximate surface area is 118 Å². The predicted molar refractivity (Wildman–Crippen MR) is 71.7 cm³/mol. The van der Waals surface area contributed by atoms with Crippen molar-refractivity contribution in [3.63, 3.8) is 0 Å². The zero-order valence-electron chi connectivity index (χ0n) is 11.8. The molecule has 2 heterocycles. The highest BCUT2D eigenvalue weighted by atomic mass is 32.2.